The second kappa shape index (κ2) is 13.5. The highest BCUT2D eigenvalue weighted by Gasteiger charge is 2.19. The van der Waals surface area contributed by atoms with Crippen LogP contribution in [0.4, 0.5) is 11.5 Å². The molecule has 3 amide bonds. The number of likely N-dealkylation sites (tertiary alicyclic amines) is 1. The number of phenolic OH excluding ortho intramolecular Hbond substituents is 1. The van der Waals surface area contributed by atoms with E-state index in [1.54, 1.807) is 18.2 Å². The third-order valence-corrected chi connectivity index (χ3v) is 6.58. The fourth-order valence-electron chi connectivity index (χ4n) is 4.30. The van der Waals surface area contributed by atoms with Crippen LogP contribution in [0.25, 0.3) is 5.57 Å². The molecule has 1 aliphatic heterocycles. The minimum atomic E-state index is -0.589. The lowest BCUT2D eigenvalue weighted by Crippen LogP contribution is -2.33. The highest BCUT2D eigenvalue weighted by atomic mass is 35.5. The third-order valence-electron chi connectivity index (χ3n) is 6.36. The number of hydrogen-bond acceptors (Lipinski definition) is 7. The standard InChI is InChI=1S/C29H29ClN6O4/c30-21-10-11-25(33-18-21)34-29(40)23-4-3-5-24(37)26(23)35-27(38)20-8-6-19(7-9-20)22(12-13-31)28(39)32-14-17-36-15-1-2-16-36/h3-13,18,31,37H,1-2,14-17H2,(H,32,39)(H,35,38)(H,33,34,40)/b22-12-,31-13?. The van der Waals surface area contributed by atoms with E-state index in [0.717, 1.165) is 25.8 Å². The number of nitrogens with zero attached hydrogens (tertiary/aromatic N) is 2. The zero-order valence-corrected chi connectivity index (χ0v) is 22.4. The van der Waals surface area contributed by atoms with E-state index in [1.807, 2.05) is 0 Å². The number of benzene rings is 2. The van der Waals surface area contributed by atoms with E-state index < -0.39 is 11.8 Å². The lowest BCUT2D eigenvalue weighted by atomic mass is 10.0. The van der Waals surface area contributed by atoms with Crippen LogP contribution in [-0.4, -0.2) is 65.1 Å². The first-order valence-corrected chi connectivity index (χ1v) is 13.1. The SMILES string of the molecule is N=C/C=C(\C(=O)NCCN1CCCC1)c1ccc(C(=O)Nc2c(O)cccc2C(=O)Nc2ccc(Cl)cn2)cc1. The van der Waals surface area contributed by atoms with Gasteiger partial charge >= 0.3 is 0 Å². The largest absolute Gasteiger partial charge is 0.506 e. The second-order valence-corrected chi connectivity index (χ2v) is 9.54. The number of rotatable bonds is 10. The summed E-state index contributed by atoms with van der Waals surface area (Å²) in [5, 5.41) is 26.4. The van der Waals surface area contributed by atoms with Gasteiger partial charge in [-0.1, -0.05) is 29.8 Å². The van der Waals surface area contributed by atoms with Crippen LogP contribution in [0.2, 0.25) is 5.02 Å². The predicted molar refractivity (Wildman–Crippen MR) is 155 cm³/mol. The van der Waals surface area contributed by atoms with Gasteiger partial charge in [0.25, 0.3) is 17.7 Å². The van der Waals surface area contributed by atoms with Crippen molar-refractivity contribution in [2.24, 2.45) is 0 Å². The average molecular weight is 561 g/mol. The van der Waals surface area contributed by atoms with Crippen LogP contribution in [0.3, 0.4) is 0 Å². The van der Waals surface area contributed by atoms with Crippen LogP contribution in [0.1, 0.15) is 39.1 Å². The number of hydrogen-bond donors (Lipinski definition) is 5. The number of allylic oxidation sites excluding steroid dienone is 1. The van der Waals surface area contributed by atoms with E-state index >= 15 is 0 Å². The molecule has 40 heavy (non-hydrogen) atoms. The fourth-order valence-corrected chi connectivity index (χ4v) is 4.41. The van der Waals surface area contributed by atoms with Crippen molar-refractivity contribution in [1.82, 2.24) is 15.2 Å². The maximum Gasteiger partial charge on any atom is 0.259 e. The summed E-state index contributed by atoms with van der Waals surface area (Å²) in [5.74, 6) is -1.50. The van der Waals surface area contributed by atoms with Gasteiger partial charge in [-0.3, -0.25) is 14.4 Å². The van der Waals surface area contributed by atoms with Gasteiger partial charge in [0, 0.05) is 36.6 Å². The minimum Gasteiger partial charge on any atom is -0.506 e. The molecule has 1 aliphatic rings. The number of pyridine rings is 1. The lowest BCUT2D eigenvalue weighted by molar-refractivity contribution is -0.115. The molecule has 1 aromatic heterocycles. The van der Waals surface area contributed by atoms with Gasteiger partial charge in [-0.15, -0.1) is 0 Å². The number of amides is 3. The average Bonchev–Trinajstić information content (AvgIpc) is 3.47. The van der Waals surface area contributed by atoms with E-state index in [9.17, 15) is 19.5 Å². The summed E-state index contributed by atoms with van der Waals surface area (Å²) in [6.07, 6.45) is 6.17. The molecule has 11 heteroatoms. The van der Waals surface area contributed by atoms with Crippen molar-refractivity contribution in [3.63, 3.8) is 0 Å². The predicted octanol–water partition coefficient (Wildman–Crippen LogP) is 4.19. The van der Waals surface area contributed by atoms with Crippen LogP contribution < -0.4 is 16.0 Å². The van der Waals surface area contributed by atoms with Gasteiger partial charge in [0.1, 0.15) is 11.6 Å². The Kier molecular flexibility index (Phi) is 9.61. The molecule has 0 atom stereocenters. The number of nitrogens with one attached hydrogen (secondary N) is 4. The second-order valence-electron chi connectivity index (χ2n) is 9.10. The van der Waals surface area contributed by atoms with Crippen LogP contribution in [0.5, 0.6) is 5.75 Å². The molecule has 2 heterocycles. The molecule has 0 bridgehead atoms. The van der Waals surface area contributed by atoms with Crippen LogP contribution in [-0.2, 0) is 4.79 Å². The van der Waals surface area contributed by atoms with Crippen molar-refractivity contribution in [1.29, 1.82) is 5.41 Å². The monoisotopic (exact) mass is 560 g/mol. The van der Waals surface area contributed by atoms with Crippen molar-refractivity contribution in [2.75, 3.05) is 36.8 Å². The molecule has 4 rings (SSSR count). The summed E-state index contributed by atoms with van der Waals surface area (Å²) < 4.78 is 0. The van der Waals surface area contributed by atoms with Crippen LogP contribution in [0.15, 0.2) is 66.9 Å². The summed E-state index contributed by atoms with van der Waals surface area (Å²) in [6, 6.07) is 13.7. The summed E-state index contributed by atoms with van der Waals surface area (Å²) in [5.41, 5.74) is 1.05. The van der Waals surface area contributed by atoms with E-state index in [-0.39, 0.29) is 34.3 Å². The Morgan fingerprint density at radius 2 is 1.70 bits per heavy atom. The van der Waals surface area contributed by atoms with Crippen molar-refractivity contribution in [3.05, 3.63) is 88.6 Å². The van der Waals surface area contributed by atoms with Gasteiger partial charge in [0.05, 0.1) is 16.3 Å². The zero-order chi connectivity index (χ0) is 28.5. The third kappa shape index (κ3) is 7.31. The van der Waals surface area contributed by atoms with Crippen LogP contribution in [0, 0.1) is 5.41 Å². The number of para-hydroxylation sites is 1. The molecule has 0 saturated carbocycles. The number of halogens is 1. The number of phenols is 1. The molecule has 0 unspecified atom stereocenters. The molecule has 1 fully saturated rings. The first-order chi connectivity index (χ1) is 19.4. The molecule has 0 radical (unpaired) electrons. The van der Waals surface area contributed by atoms with Crippen molar-refractivity contribution in [3.8, 4) is 5.75 Å². The number of anilines is 2. The van der Waals surface area contributed by atoms with Gasteiger partial charge in [0.15, 0.2) is 0 Å². The Morgan fingerprint density at radius 1 is 0.975 bits per heavy atom. The fraction of sp³-hybridized carbons (Fsp3) is 0.207. The lowest BCUT2D eigenvalue weighted by Gasteiger charge is -2.15. The Balaban J connectivity index is 1.44. The first kappa shape index (κ1) is 28.5. The van der Waals surface area contributed by atoms with Crippen molar-refractivity contribution < 1.29 is 19.5 Å². The van der Waals surface area contributed by atoms with Gasteiger partial charge in [0.2, 0.25) is 0 Å². The molecule has 0 spiro atoms. The van der Waals surface area contributed by atoms with E-state index in [1.165, 1.54) is 61.5 Å². The van der Waals surface area contributed by atoms with Gasteiger partial charge < -0.3 is 31.4 Å². The first-order valence-electron chi connectivity index (χ1n) is 12.7. The summed E-state index contributed by atoms with van der Waals surface area (Å²) >= 11 is 5.84. The summed E-state index contributed by atoms with van der Waals surface area (Å²) in [4.78, 5) is 45.0. The molecule has 1 saturated heterocycles. The van der Waals surface area contributed by atoms with E-state index in [2.05, 4.69) is 25.8 Å². The molecule has 0 aliphatic carbocycles. The topological polar surface area (TPSA) is 148 Å². The Morgan fingerprint density at radius 3 is 2.38 bits per heavy atom. The Labute approximate surface area is 236 Å². The Bertz CT molecular complexity index is 1420. The number of carbonyl (C=O) groups is 3. The highest BCUT2D eigenvalue weighted by molar-refractivity contribution is 6.30. The minimum absolute atomic E-state index is 0.0310. The summed E-state index contributed by atoms with van der Waals surface area (Å²) in [6.45, 7) is 3.34. The molecule has 2 aromatic carbocycles. The quantitative estimate of drug-likeness (QED) is 0.143. The molecular weight excluding hydrogens is 532 g/mol. The number of carbonyl (C=O) groups excluding carboxylic acids is 3. The van der Waals surface area contributed by atoms with Gasteiger partial charge in [-0.25, -0.2) is 4.98 Å². The molecule has 3 aromatic rings. The van der Waals surface area contributed by atoms with Gasteiger partial charge in [-0.2, -0.15) is 0 Å². The highest BCUT2D eigenvalue weighted by Crippen LogP contribution is 2.29. The van der Waals surface area contributed by atoms with E-state index in [0.29, 0.717) is 22.7 Å². The molecule has 206 valence electrons. The molecule has 10 nitrogen and oxygen atoms in total. The maximum atomic E-state index is 13.0. The molecular formula is C29H29ClN6O4. The Hall–Kier alpha value is -4.54. The van der Waals surface area contributed by atoms with Crippen molar-refractivity contribution >= 4 is 52.6 Å². The smallest absolute Gasteiger partial charge is 0.259 e. The van der Waals surface area contributed by atoms with Crippen LogP contribution >= 0.6 is 11.6 Å². The van der Waals surface area contributed by atoms with Gasteiger partial charge in [-0.05, 0) is 74.0 Å². The summed E-state index contributed by atoms with van der Waals surface area (Å²) in [7, 11) is 0. The maximum absolute atomic E-state index is 13.0. The molecule has 5 N–H and O–H groups in total. The number of aromatic hydroxyl groups is 1. The van der Waals surface area contributed by atoms with E-state index in [4.69, 9.17) is 17.0 Å². The van der Waals surface area contributed by atoms with Crippen molar-refractivity contribution in [2.45, 2.75) is 12.8 Å². The zero-order valence-electron chi connectivity index (χ0n) is 21.6. The normalized spacial score (nSPS) is 13.5. The number of aromatic nitrogens is 1.